The topological polar surface area (TPSA) is 94.3 Å². The largest absolute Gasteiger partial charge is 0.398 e. The van der Waals surface area contributed by atoms with Crippen LogP contribution in [0.4, 0.5) is 5.69 Å². The molecule has 0 amide bonds. The van der Waals surface area contributed by atoms with Crippen molar-refractivity contribution in [2.75, 3.05) is 11.5 Å². The Kier molecular flexibility index (Phi) is 3.22. The number of nitrogen functional groups attached to an aromatic ring is 1. The first-order valence-electron chi connectivity index (χ1n) is 5.71. The van der Waals surface area contributed by atoms with Crippen molar-refractivity contribution in [2.24, 2.45) is 0 Å². The van der Waals surface area contributed by atoms with Gasteiger partial charge in [0.05, 0.1) is 15.9 Å². The van der Waals surface area contributed by atoms with Crippen LogP contribution < -0.4 is 5.73 Å². The number of fused-ring (bicyclic) bond motifs is 1. The van der Waals surface area contributed by atoms with Crippen molar-refractivity contribution in [2.45, 2.75) is 24.0 Å². The average Bonchev–Trinajstić information content (AvgIpc) is 2.51. The van der Waals surface area contributed by atoms with Gasteiger partial charge in [-0.1, -0.05) is 6.07 Å². The monoisotopic (exact) mass is 301 g/mol. The van der Waals surface area contributed by atoms with Crippen LogP contribution in [0.15, 0.2) is 28.5 Å². The van der Waals surface area contributed by atoms with Crippen LogP contribution in [0.25, 0.3) is 5.57 Å². The van der Waals surface area contributed by atoms with E-state index in [9.17, 15) is 16.8 Å². The van der Waals surface area contributed by atoms with Gasteiger partial charge in [0.2, 0.25) is 9.84 Å². The Hall–Kier alpha value is -1.34. The van der Waals surface area contributed by atoms with Crippen LogP contribution in [0.2, 0.25) is 0 Å². The lowest BCUT2D eigenvalue weighted by atomic mass is 10.1. The summed E-state index contributed by atoms with van der Waals surface area (Å²) in [6, 6.07) is 4.54. The maximum Gasteiger partial charge on any atom is 0.200 e. The molecule has 0 unspecified atom stereocenters. The summed E-state index contributed by atoms with van der Waals surface area (Å²) in [6.45, 7) is 3.13. The fourth-order valence-corrected chi connectivity index (χ4v) is 4.53. The summed E-state index contributed by atoms with van der Waals surface area (Å²) in [7, 11) is -6.96. The second-order valence-corrected chi connectivity index (χ2v) is 9.09. The highest BCUT2D eigenvalue weighted by atomic mass is 32.2. The quantitative estimate of drug-likeness (QED) is 0.847. The number of hydrogen-bond acceptors (Lipinski definition) is 5. The molecule has 2 N–H and O–H groups in total. The minimum absolute atomic E-state index is 0.0847. The van der Waals surface area contributed by atoms with Gasteiger partial charge in [0.1, 0.15) is 0 Å². The molecule has 19 heavy (non-hydrogen) atoms. The molecule has 0 aliphatic carbocycles. The lowest BCUT2D eigenvalue weighted by Gasteiger charge is -2.10. The van der Waals surface area contributed by atoms with Crippen molar-refractivity contribution in [3.63, 3.8) is 0 Å². The fraction of sp³-hybridized carbons (Fsp3) is 0.333. The number of anilines is 1. The number of benzene rings is 1. The molecule has 0 spiro atoms. The highest BCUT2D eigenvalue weighted by Gasteiger charge is 2.31. The summed E-state index contributed by atoms with van der Waals surface area (Å²) in [6.07, 6.45) is 0. The first-order valence-corrected chi connectivity index (χ1v) is 8.97. The highest BCUT2D eigenvalue weighted by molar-refractivity contribution is 7.95. The third kappa shape index (κ3) is 2.40. The number of sulfone groups is 2. The Balaban J connectivity index is 2.59. The smallest absolute Gasteiger partial charge is 0.200 e. The predicted octanol–water partition coefficient (Wildman–Crippen LogP) is 1.22. The molecule has 1 aromatic rings. The van der Waals surface area contributed by atoms with E-state index >= 15 is 0 Å². The first kappa shape index (κ1) is 14.1. The third-order valence-electron chi connectivity index (χ3n) is 3.06. The number of nitrogens with two attached hydrogens (primary N) is 1. The molecule has 1 heterocycles. The minimum atomic E-state index is -3.58. The van der Waals surface area contributed by atoms with E-state index in [1.807, 2.05) is 0 Å². The average molecular weight is 301 g/mol. The van der Waals surface area contributed by atoms with Gasteiger partial charge in [-0.05, 0) is 31.6 Å². The molecule has 1 aliphatic rings. The van der Waals surface area contributed by atoms with Crippen LogP contribution in [0.1, 0.15) is 19.4 Å². The van der Waals surface area contributed by atoms with Crippen molar-refractivity contribution < 1.29 is 16.8 Å². The van der Waals surface area contributed by atoms with Crippen LogP contribution in [-0.2, 0) is 19.7 Å². The lowest BCUT2D eigenvalue weighted by molar-refractivity contribution is 0.591. The molecule has 0 fully saturated rings. The van der Waals surface area contributed by atoms with Gasteiger partial charge >= 0.3 is 0 Å². The molecule has 0 bridgehead atoms. The zero-order chi connectivity index (χ0) is 14.4. The third-order valence-corrected chi connectivity index (χ3v) is 6.76. The zero-order valence-electron chi connectivity index (χ0n) is 10.6. The van der Waals surface area contributed by atoms with E-state index in [0.717, 1.165) is 5.41 Å². The number of hydrogen-bond donors (Lipinski definition) is 1. The van der Waals surface area contributed by atoms with Gasteiger partial charge in [0, 0.05) is 16.7 Å². The zero-order valence-corrected chi connectivity index (χ0v) is 12.3. The Labute approximate surface area is 113 Å². The van der Waals surface area contributed by atoms with Crippen LogP contribution >= 0.6 is 0 Å². The van der Waals surface area contributed by atoms with Gasteiger partial charge < -0.3 is 5.73 Å². The summed E-state index contributed by atoms with van der Waals surface area (Å²) < 4.78 is 47.8. The fourth-order valence-electron chi connectivity index (χ4n) is 1.93. The van der Waals surface area contributed by atoms with Crippen molar-refractivity contribution in [1.82, 2.24) is 0 Å². The van der Waals surface area contributed by atoms with Crippen molar-refractivity contribution in [3.8, 4) is 0 Å². The summed E-state index contributed by atoms with van der Waals surface area (Å²) in [5.74, 6) is -0.314. The predicted molar refractivity (Wildman–Crippen MR) is 74.9 cm³/mol. The maximum atomic E-state index is 11.9. The van der Waals surface area contributed by atoms with Crippen LogP contribution in [0.3, 0.4) is 0 Å². The van der Waals surface area contributed by atoms with Gasteiger partial charge in [-0.25, -0.2) is 16.8 Å². The SMILES string of the molecule is CC(C)S(=O)(=O)CC1=CS(=O)(=O)c2cccc(N)c21. The molecular formula is C12H15NO4S2. The van der Waals surface area contributed by atoms with E-state index in [1.54, 1.807) is 26.0 Å². The Morgan fingerprint density at radius 2 is 1.89 bits per heavy atom. The molecule has 5 nitrogen and oxygen atoms in total. The lowest BCUT2D eigenvalue weighted by Crippen LogP contribution is -2.18. The van der Waals surface area contributed by atoms with Gasteiger partial charge in [-0.2, -0.15) is 0 Å². The molecule has 7 heteroatoms. The normalized spacial score (nSPS) is 17.3. The van der Waals surface area contributed by atoms with E-state index in [2.05, 4.69) is 0 Å². The summed E-state index contributed by atoms with van der Waals surface area (Å²) >= 11 is 0. The summed E-state index contributed by atoms with van der Waals surface area (Å²) in [4.78, 5) is 0.0847. The molecule has 0 saturated carbocycles. The maximum absolute atomic E-state index is 11.9. The van der Waals surface area contributed by atoms with E-state index in [0.29, 0.717) is 5.56 Å². The molecule has 104 valence electrons. The molecule has 0 radical (unpaired) electrons. The Bertz CT molecular complexity index is 759. The molecule has 1 aromatic carbocycles. The molecule has 0 aromatic heterocycles. The van der Waals surface area contributed by atoms with E-state index in [4.69, 9.17) is 5.73 Å². The summed E-state index contributed by atoms with van der Waals surface area (Å²) in [5.41, 5.74) is 6.64. The second-order valence-electron chi connectivity index (χ2n) is 4.76. The molecule has 2 rings (SSSR count). The van der Waals surface area contributed by atoms with Crippen molar-refractivity contribution >= 4 is 30.9 Å². The molecule has 0 saturated heterocycles. The van der Waals surface area contributed by atoms with Crippen molar-refractivity contribution in [1.29, 1.82) is 0 Å². The van der Waals surface area contributed by atoms with Gasteiger partial charge in [-0.15, -0.1) is 0 Å². The first-order chi connectivity index (χ1) is 8.65. The Morgan fingerprint density at radius 3 is 2.47 bits per heavy atom. The number of rotatable bonds is 3. The van der Waals surface area contributed by atoms with E-state index < -0.39 is 24.9 Å². The van der Waals surface area contributed by atoms with Gasteiger partial charge in [-0.3, -0.25) is 0 Å². The van der Waals surface area contributed by atoms with E-state index in [-0.39, 0.29) is 21.9 Å². The molecule has 1 aliphatic heterocycles. The minimum Gasteiger partial charge on any atom is -0.398 e. The van der Waals surface area contributed by atoms with Gasteiger partial charge in [0.25, 0.3) is 0 Å². The highest BCUT2D eigenvalue weighted by Crippen LogP contribution is 2.38. The second kappa shape index (κ2) is 4.35. The Morgan fingerprint density at radius 1 is 1.26 bits per heavy atom. The molecule has 0 atom stereocenters. The van der Waals surface area contributed by atoms with E-state index in [1.165, 1.54) is 6.07 Å². The summed E-state index contributed by atoms with van der Waals surface area (Å²) in [5, 5.41) is 0.443. The van der Waals surface area contributed by atoms with Crippen molar-refractivity contribution in [3.05, 3.63) is 29.2 Å². The van der Waals surface area contributed by atoms with Gasteiger partial charge in [0.15, 0.2) is 9.84 Å². The van der Waals surface area contributed by atoms with Crippen LogP contribution in [0.5, 0.6) is 0 Å². The van der Waals surface area contributed by atoms with Crippen LogP contribution in [-0.4, -0.2) is 27.8 Å². The standard InChI is InChI=1S/C12H15NO4S2/c1-8(2)18(14,15)6-9-7-19(16,17)11-5-3-4-10(13)12(9)11/h3-5,7-8H,6,13H2,1-2H3. The molecular weight excluding hydrogens is 286 g/mol. The van der Waals surface area contributed by atoms with Crippen LogP contribution in [0, 0.1) is 0 Å².